The maximum atomic E-state index is 5.89. The van der Waals surface area contributed by atoms with Crippen LogP contribution < -0.4 is 0 Å². The first-order valence-corrected chi connectivity index (χ1v) is 8.58. The molecule has 0 saturated heterocycles. The molecule has 1 unspecified atom stereocenters. The molecule has 0 aliphatic rings. The van der Waals surface area contributed by atoms with E-state index in [4.69, 9.17) is 9.47 Å². The number of hydrogen-bond donors (Lipinski definition) is 0. The van der Waals surface area contributed by atoms with Crippen LogP contribution >= 0.6 is 0 Å². The number of unbranched alkanes of at least 4 members (excludes halogenated alkanes) is 7. The molecule has 0 aromatic heterocycles. The van der Waals surface area contributed by atoms with Crippen molar-refractivity contribution >= 4 is 0 Å². The molecule has 0 aromatic carbocycles. The van der Waals surface area contributed by atoms with E-state index in [-0.39, 0.29) is 6.29 Å². The van der Waals surface area contributed by atoms with Gasteiger partial charge in [-0.2, -0.15) is 0 Å². The second-order valence-corrected chi connectivity index (χ2v) is 5.43. The SMILES string of the molecule is CCCCCCOC(CCCCC)OCCCCC. The van der Waals surface area contributed by atoms with Crippen LogP contribution in [0, 0.1) is 0 Å². The van der Waals surface area contributed by atoms with E-state index >= 15 is 0 Å². The zero-order valence-electron chi connectivity index (χ0n) is 13.6. The molecule has 0 bridgehead atoms. The largest absolute Gasteiger partial charge is 0.353 e. The third-order valence-electron chi connectivity index (χ3n) is 3.40. The van der Waals surface area contributed by atoms with Crippen molar-refractivity contribution in [3.8, 4) is 0 Å². The summed E-state index contributed by atoms with van der Waals surface area (Å²) in [4.78, 5) is 0. The van der Waals surface area contributed by atoms with E-state index in [1.165, 1.54) is 64.2 Å². The highest BCUT2D eigenvalue weighted by Gasteiger charge is 2.08. The van der Waals surface area contributed by atoms with Crippen LogP contribution in [0.25, 0.3) is 0 Å². The Balaban J connectivity index is 3.63. The molecule has 19 heavy (non-hydrogen) atoms. The molecule has 1 atom stereocenters. The van der Waals surface area contributed by atoms with Gasteiger partial charge in [0.25, 0.3) is 0 Å². The van der Waals surface area contributed by atoms with Crippen LogP contribution in [0.2, 0.25) is 0 Å². The third kappa shape index (κ3) is 14.1. The molecule has 0 aliphatic carbocycles. The van der Waals surface area contributed by atoms with Gasteiger partial charge in [-0.15, -0.1) is 0 Å². The van der Waals surface area contributed by atoms with E-state index < -0.39 is 0 Å². The van der Waals surface area contributed by atoms with Crippen LogP contribution in [0.3, 0.4) is 0 Å². The average molecular weight is 272 g/mol. The van der Waals surface area contributed by atoms with Gasteiger partial charge in [0.1, 0.15) is 0 Å². The smallest absolute Gasteiger partial charge is 0.157 e. The highest BCUT2D eigenvalue weighted by atomic mass is 16.7. The predicted octanol–water partition coefficient (Wildman–Crippen LogP) is 5.70. The zero-order chi connectivity index (χ0) is 14.2. The maximum absolute atomic E-state index is 5.89. The molecule has 0 rings (SSSR count). The Labute approximate surface area is 121 Å². The van der Waals surface area contributed by atoms with Crippen molar-refractivity contribution in [2.75, 3.05) is 13.2 Å². The fourth-order valence-electron chi connectivity index (χ4n) is 2.09. The molecule has 0 radical (unpaired) electrons. The van der Waals surface area contributed by atoms with Crippen LogP contribution in [0.1, 0.15) is 91.4 Å². The van der Waals surface area contributed by atoms with E-state index in [0.717, 1.165) is 19.6 Å². The molecule has 0 saturated carbocycles. The quantitative estimate of drug-likeness (QED) is 0.281. The van der Waals surface area contributed by atoms with Crippen LogP contribution in [0.4, 0.5) is 0 Å². The van der Waals surface area contributed by atoms with E-state index in [2.05, 4.69) is 20.8 Å². The Kier molecular flexibility index (Phi) is 15.9. The topological polar surface area (TPSA) is 18.5 Å². The third-order valence-corrected chi connectivity index (χ3v) is 3.40. The van der Waals surface area contributed by atoms with Crippen molar-refractivity contribution in [2.24, 2.45) is 0 Å². The van der Waals surface area contributed by atoms with Crippen LogP contribution in [-0.4, -0.2) is 19.5 Å². The molecule has 0 aromatic rings. The molecule has 0 aliphatic heterocycles. The van der Waals surface area contributed by atoms with E-state index in [9.17, 15) is 0 Å². The Morgan fingerprint density at radius 3 is 1.63 bits per heavy atom. The molecule has 0 fully saturated rings. The molecule has 116 valence electrons. The first-order valence-electron chi connectivity index (χ1n) is 8.58. The Morgan fingerprint density at radius 2 is 1.05 bits per heavy atom. The van der Waals surface area contributed by atoms with Crippen molar-refractivity contribution in [3.05, 3.63) is 0 Å². The standard InChI is InChI=1S/C17H36O2/c1-4-7-10-13-16-19-17(14-11-8-5-2)18-15-12-9-6-3/h17H,4-16H2,1-3H3. The maximum Gasteiger partial charge on any atom is 0.157 e. The summed E-state index contributed by atoms with van der Waals surface area (Å²) in [6.07, 6.45) is 13.6. The summed E-state index contributed by atoms with van der Waals surface area (Å²) in [5, 5.41) is 0. The van der Waals surface area contributed by atoms with E-state index in [1.807, 2.05) is 0 Å². The zero-order valence-corrected chi connectivity index (χ0v) is 13.6. The van der Waals surface area contributed by atoms with Gasteiger partial charge in [0.05, 0.1) is 0 Å². The van der Waals surface area contributed by atoms with Gasteiger partial charge in [-0.05, 0) is 25.7 Å². The van der Waals surface area contributed by atoms with Crippen LogP contribution in [0.15, 0.2) is 0 Å². The van der Waals surface area contributed by atoms with Gasteiger partial charge in [0.2, 0.25) is 0 Å². The fraction of sp³-hybridized carbons (Fsp3) is 1.00. The van der Waals surface area contributed by atoms with Gasteiger partial charge >= 0.3 is 0 Å². The average Bonchev–Trinajstić information content (AvgIpc) is 2.42. The lowest BCUT2D eigenvalue weighted by Crippen LogP contribution is -2.19. The molecule has 2 heteroatoms. The van der Waals surface area contributed by atoms with Crippen LogP contribution in [0.5, 0.6) is 0 Å². The summed E-state index contributed by atoms with van der Waals surface area (Å²) >= 11 is 0. The van der Waals surface area contributed by atoms with Crippen molar-refractivity contribution in [1.82, 2.24) is 0 Å². The van der Waals surface area contributed by atoms with Gasteiger partial charge in [0, 0.05) is 13.2 Å². The van der Waals surface area contributed by atoms with Crippen molar-refractivity contribution < 1.29 is 9.47 Å². The Morgan fingerprint density at radius 1 is 0.579 bits per heavy atom. The summed E-state index contributed by atoms with van der Waals surface area (Å²) in [5.74, 6) is 0. The molecule has 0 N–H and O–H groups in total. The van der Waals surface area contributed by atoms with Crippen molar-refractivity contribution in [2.45, 2.75) is 97.7 Å². The number of rotatable bonds is 15. The minimum atomic E-state index is 0.0463. The van der Waals surface area contributed by atoms with Crippen molar-refractivity contribution in [3.63, 3.8) is 0 Å². The van der Waals surface area contributed by atoms with Gasteiger partial charge < -0.3 is 9.47 Å². The summed E-state index contributed by atoms with van der Waals surface area (Å²) in [7, 11) is 0. The minimum absolute atomic E-state index is 0.0463. The van der Waals surface area contributed by atoms with Gasteiger partial charge in [-0.25, -0.2) is 0 Å². The summed E-state index contributed by atoms with van der Waals surface area (Å²) in [6.45, 7) is 8.43. The van der Waals surface area contributed by atoms with Gasteiger partial charge in [-0.1, -0.05) is 65.7 Å². The Bertz CT molecular complexity index is 159. The van der Waals surface area contributed by atoms with Crippen molar-refractivity contribution in [1.29, 1.82) is 0 Å². The fourth-order valence-corrected chi connectivity index (χ4v) is 2.09. The lowest BCUT2D eigenvalue weighted by molar-refractivity contribution is -0.148. The van der Waals surface area contributed by atoms with Crippen LogP contribution in [-0.2, 0) is 9.47 Å². The molecular weight excluding hydrogens is 236 g/mol. The molecule has 0 heterocycles. The highest BCUT2D eigenvalue weighted by Crippen LogP contribution is 2.11. The minimum Gasteiger partial charge on any atom is -0.353 e. The summed E-state index contributed by atoms with van der Waals surface area (Å²) in [5.41, 5.74) is 0. The highest BCUT2D eigenvalue weighted by molar-refractivity contribution is 4.49. The molecule has 2 nitrogen and oxygen atoms in total. The second-order valence-electron chi connectivity index (χ2n) is 5.43. The van der Waals surface area contributed by atoms with E-state index in [1.54, 1.807) is 0 Å². The summed E-state index contributed by atoms with van der Waals surface area (Å²) < 4.78 is 11.8. The second kappa shape index (κ2) is 16.0. The van der Waals surface area contributed by atoms with Gasteiger partial charge in [0.15, 0.2) is 6.29 Å². The Hall–Kier alpha value is -0.0800. The van der Waals surface area contributed by atoms with E-state index in [0.29, 0.717) is 0 Å². The molecule has 0 amide bonds. The molecular formula is C17H36O2. The lowest BCUT2D eigenvalue weighted by Gasteiger charge is -2.18. The predicted molar refractivity (Wildman–Crippen MR) is 83.5 cm³/mol. The number of hydrogen-bond acceptors (Lipinski definition) is 2. The summed E-state index contributed by atoms with van der Waals surface area (Å²) in [6, 6.07) is 0. The first kappa shape index (κ1) is 18.9. The molecule has 0 spiro atoms. The first-order chi connectivity index (χ1) is 9.35. The monoisotopic (exact) mass is 272 g/mol. The number of ether oxygens (including phenoxy) is 2. The lowest BCUT2D eigenvalue weighted by atomic mass is 10.2. The van der Waals surface area contributed by atoms with Gasteiger partial charge in [-0.3, -0.25) is 0 Å². The normalized spacial score (nSPS) is 12.8.